The van der Waals surface area contributed by atoms with Gasteiger partial charge in [0.2, 0.25) is 5.95 Å². The Morgan fingerprint density at radius 3 is 2.35 bits per heavy atom. The zero-order valence-electron chi connectivity index (χ0n) is 14.9. The van der Waals surface area contributed by atoms with Gasteiger partial charge in [-0.15, -0.1) is 0 Å². The zero-order chi connectivity index (χ0) is 18.5. The van der Waals surface area contributed by atoms with Crippen LogP contribution in [0.2, 0.25) is 0 Å². The lowest BCUT2D eigenvalue weighted by atomic mass is 10.2. The van der Waals surface area contributed by atoms with E-state index in [2.05, 4.69) is 20.6 Å². The third-order valence-corrected chi connectivity index (χ3v) is 3.69. The molecule has 2 aromatic carbocycles. The van der Waals surface area contributed by atoms with Crippen LogP contribution in [0.5, 0.6) is 5.75 Å². The summed E-state index contributed by atoms with van der Waals surface area (Å²) in [6.07, 6.45) is 0. The van der Waals surface area contributed by atoms with E-state index in [-0.39, 0.29) is 5.91 Å². The van der Waals surface area contributed by atoms with Gasteiger partial charge in [0, 0.05) is 28.3 Å². The molecule has 1 aromatic heterocycles. The van der Waals surface area contributed by atoms with E-state index in [1.165, 1.54) is 0 Å². The first-order chi connectivity index (χ1) is 12.5. The number of carbonyl (C=O) groups excluding carboxylic acids is 1. The topological polar surface area (TPSA) is 76.1 Å². The molecule has 0 atom stereocenters. The van der Waals surface area contributed by atoms with Crippen molar-refractivity contribution in [2.24, 2.45) is 0 Å². The lowest BCUT2D eigenvalue weighted by Gasteiger charge is -2.10. The Morgan fingerprint density at radius 2 is 1.62 bits per heavy atom. The summed E-state index contributed by atoms with van der Waals surface area (Å²) in [7, 11) is 1.57. The fraction of sp³-hybridized carbons (Fsp3) is 0.150. The van der Waals surface area contributed by atoms with Gasteiger partial charge >= 0.3 is 0 Å². The Bertz CT molecular complexity index is 920. The monoisotopic (exact) mass is 348 g/mol. The van der Waals surface area contributed by atoms with Gasteiger partial charge in [-0.1, -0.05) is 12.1 Å². The van der Waals surface area contributed by atoms with E-state index < -0.39 is 0 Å². The molecule has 3 rings (SSSR count). The van der Waals surface area contributed by atoms with E-state index >= 15 is 0 Å². The maximum Gasteiger partial charge on any atom is 0.255 e. The number of methoxy groups -OCH3 is 1. The summed E-state index contributed by atoms with van der Waals surface area (Å²) >= 11 is 0. The molecule has 6 heteroatoms. The maximum atomic E-state index is 12.4. The standard InChI is InChI=1S/C20H20N4O2/c1-13-10-14(2)22-20(21-13)24-17-8-5-7-16(12-17)23-19(25)15-6-4-9-18(11-15)26-3/h4-12H,1-3H3,(H,23,25)(H,21,22,24). The third kappa shape index (κ3) is 4.36. The highest BCUT2D eigenvalue weighted by Crippen LogP contribution is 2.20. The van der Waals surface area contributed by atoms with Crippen molar-refractivity contribution in [2.45, 2.75) is 13.8 Å². The molecule has 0 aliphatic rings. The first kappa shape index (κ1) is 17.4. The minimum Gasteiger partial charge on any atom is -0.497 e. The van der Waals surface area contributed by atoms with Gasteiger partial charge in [-0.2, -0.15) is 0 Å². The lowest BCUT2D eigenvalue weighted by molar-refractivity contribution is 0.102. The van der Waals surface area contributed by atoms with Gasteiger partial charge in [-0.25, -0.2) is 9.97 Å². The first-order valence-corrected chi connectivity index (χ1v) is 8.18. The van der Waals surface area contributed by atoms with Crippen LogP contribution in [0.3, 0.4) is 0 Å². The van der Waals surface area contributed by atoms with Crippen molar-refractivity contribution < 1.29 is 9.53 Å². The summed E-state index contributed by atoms with van der Waals surface area (Å²) in [6.45, 7) is 3.84. The highest BCUT2D eigenvalue weighted by Gasteiger charge is 2.08. The molecule has 0 bridgehead atoms. The summed E-state index contributed by atoms with van der Waals surface area (Å²) < 4.78 is 5.16. The van der Waals surface area contributed by atoms with Gasteiger partial charge in [0.05, 0.1) is 7.11 Å². The molecule has 6 nitrogen and oxygen atoms in total. The van der Waals surface area contributed by atoms with E-state index in [4.69, 9.17) is 4.74 Å². The highest BCUT2D eigenvalue weighted by atomic mass is 16.5. The number of benzene rings is 2. The normalized spacial score (nSPS) is 10.3. The van der Waals surface area contributed by atoms with Crippen molar-refractivity contribution in [3.05, 3.63) is 71.5 Å². The lowest BCUT2D eigenvalue weighted by Crippen LogP contribution is -2.12. The maximum absolute atomic E-state index is 12.4. The van der Waals surface area contributed by atoms with Crippen molar-refractivity contribution in [3.8, 4) is 5.75 Å². The number of carbonyl (C=O) groups is 1. The van der Waals surface area contributed by atoms with Crippen LogP contribution in [0.25, 0.3) is 0 Å². The Hall–Kier alpha value is -3.41. The molecule has 0 aliphatic carbocycles. The molecule has 0 spiro atoms. The molecule has 3 aromatic rings. The van der Waals surface area contributed by atoms with Gasteiger partial charge in [-0.05, 0) is 56.3 Å². The summed E-state index contributed by atoms with van der Waals surface area (Å²) in [5, 5.41) is 6.05. The summed E-state index contributed by atoms with van der Waals surface area (Å²) in [5.74, 6) is 0.961. The molecular formula is C20H20N4O2. The summed E-state index contributed by atoms with van der Waals surface area (Å²) in [6, 6.07) is 16.3. The third-order valence-electron chi connectivity index (χ3n) is 3.69. The number of aromatic nitrogens is 2. The number of rotatable bonds is 5. The van der Waals surface area contributed by atoms with E-state index in [0.717, 1.165) is 17.1 Å². The number of nitrogens with one attached hydrogen (secondary N) is 2. The van der Waals surface area contributed by atoms with Gasteiger partial charge in [0.15, 0.2) is 0 Å². The second-order valence-corrected chi connectivity index (χ2v) is 5.87. The van der Waals surface area contributed by atoms with Gasteiger partial charge in [-0.3, -0.25) is 4.79 Å². The van der Waals surface area contributed by atoms with Crippen molar-refractivity contribution in [3.63, 3.8) is 0 Å². The highest BCUT2D eigenvalue weighted by molar-refractivity contribution is 6.04. The molecule has 0 saturated heterocycles. The molecule has 132 valence electrons. The number of aryl methyl sites for hydroxylation is 2. The van der Waals surface area contributed by atoms with E-state index in [0.29, 0.717) is 22.9 Å². The second kappa shape index (κ2) is 7.65. The van der Waals surface area contributed by atoms with E-state index in [1.54, 1.807) is 31.4 Å². The fourth-order valence-corrected chi connectivity index (χ4v) is 2.55. The van der Waals surface area contributed by atoms with Crippen molar-refractivity contribution >= 4 is 23.2 Å². The molecular weight excluding hydrogens is 328 g/mol. The van der Waals surface area contributed by atoms with Crippen LogP contribution in [-0.4, -0.2) is 23.0 Å². The average molecular weight is 348 g/mol. The van der Waals surface area contributed by atoms with Crippen LogP contribution in [0, 0.1) is 13.8 Å². The van der Waals surface area contributed by atoms with Crippen molar-refractivity contribution in [1.82, 2.24) is 9.97 Å². The van der Waals surface area contributed by atoms with Gasteiger partial charge in [0.25, 0.3) is 5.91 Å². The Morgan fingerprint density at radius 1 is 0.923 bits per heavy atom. The average Bonchev–Trinajstić information content (AvgIpc) is 2.61. The minimum absolute atomic E-state index is 0.205. The predicted molar refractivity (Wildman–Crippen MR) is 102 cm³/mol. The van der Waals surface area contributed by atoms with E-state index in [1.807, 2.05) is 44.2 Å². The number of anilines is 3. The molecule has 0 aliphatic heterocycles. The largest absolute Gasteiger partial charge is 0.497 e. The Balaban J connectivity index is 1.75. The Kier molecular flexibility index (Phi) is 5.12. The van der Waals surface area contributed by atoms with Crippen LogP contribution < -0.4 is 15.4 Å². The SMILES string of the molecule is COc1cccc(C(=O)Nc2cccc(Nc3nc(C)cc(C)n3)c2)c1. The number of nitrogens with zero attached hydrogens (tertiary/aromatic N) is 2. The van der Waals surface area contributed by atoms with Gasteiger partial charge in [0.1, 0.15) is 5.75 Å². The predicted octanol–water partition coefficient (Wildman–Crippen LogP) is 4.10. The first-order valence-electron chi connectivity index (χ1n) is 8.18. The van der Waals surface area contributed by atoms with Gasteiger partial charge < -0.3 is 15.4 Å². The number of hydrogen-bond acceptors (Lipinski definition) is 5. The van der Waals surface area contributed by atoms with Crippen LogP contribution in [0.1, 0.15) is 21.7 Å². The zero-order valence-corrected chi connectivity index (χ0v) is 14.9. The molecule has 2 N–H and O–H groups in total. The summed E-state index contributed by atoms with van der Waals surface area (Å²) in [5.41, 5.74) is 3.77. The van der Waals surface area contributed by atoms with Crippen LogP contribution in [0.4, 0.5) is 17.3 Å². The van der Waals surface area contributed by atoms with Crippen LogP contribution in [-0.2, 0) is 0 Å². The van der Waals surface area contributed by atoms with Crippen molar-refractivity contribution in [2.75, 3.05) is 17.7 Å². The quantitative estimate of drug-likeness (QED) is 0.726. The molecule has 0 unspecified atom stereocenters. The second-order valence-electron chi connectivity index (χ2n) is 5.87. The molecule has 1 amide bonds. The van der Waals surface area contributed by atoms with Crippen LogP contribution >= 0.6 is 0 Å². The molecule has 1 heterocycles. The summed E-state index contributed by atoms with van der Waals surface area (Å²) in [4.78, 5) is 21.2. The fourth-order valence-electron chi connectivity index (χ4n) is 2.55. The van der Waals surface area contributed by atoms with Crippen molar-refractivity contribution in [1.29, 1.82) is 0 Å². The molecule has 0 radical (unpaired) electrons. The van der Waals surface area contributed by atoms with Crippen LogP contribution in [0.15, 0.2) is 54.6 Å². The number of ether oxygens (including phenoxy) is 1. The van der Waals surface area contributed by atoms with E-state index in [9.17, 15) is 4.79 Å². The molecule has 0 fully saturated rings. The number of hydrogen-bond donors (Lipinski definition) is 2. The molecule has 0 saturated carbocycles. The Labute approximate surface area is 152 Å². The minimum atomic E-state index is -0.205. The molecule has 26 heavy (non-hydrogen) atoms. The smallest absolute Gasteiger partial charge is 0.255 e. The number of amides is 1.